The summed E-state index contributed by atoms with van der Waals surface area (Å²) in [7, 11) is 1.71. The van der Waals surface area contributed by atoms with Crippen molar-refractivity contribution in [3.05, 3.63) is 12.2 Å². The first-order valence-corrected chi connectivity index (χ1v) is 2.52. The maximum Gasteiger partial charge on any atom is 0.0496 e. The van der Waals surface area contributed by atoms with Gasteiger partial charge in [-0.2, -0.15) is 0 Å². The Hall–Kier alpha value is -0.300. The van der Waals surface area contributed by atoms with E-state index >= 15 is 0 Å². The second-order valence-electron chi connectivity index (χ2n) is 1.35. The lowest BCUT2D eigenvalue weighted by Gasteiger charge is -1.87. The van der Waals surface area contributed by atoms with Crippen LogP contribution < -0.4 is 0 Å². The third kappa shape index (κ3) is 5.70. The van der Waals surface area contributed by atoms with Gasteiger partial charge in [0.05, 0.1) is 0 Å². The first-order chi connectivity index (χ1) is 3.41. The number of ether oxygens (including phenoxy) is 1. The van der Waals surface area contributed by atoms with Crippen LogP contribution in [0.1, 0.15) is 13.3 Å². The molecule has 0 aromatic rings. The average molecular weight is 100 g/mol. The first kappa shape index (κ1) is 6.70. The molecule has 1 nitrogen and oxygen atoms in total. The second kappa shape index (κ2) is 5.70. The van der Waals surface area contributed by atoms with Gasteiger partial charge in [-0.15, -0.1) is 0 Å². The van der Waals surface area contributed by atoms with E-state index < -0.39 is 0 Å². The molecule has 0 aromatic heterocycles. The Bertz CT molecular complexity index is 48.1. The van der Waals surface area contributed by atoms with Crippen LogP contribution in [0.5, 0.6) is 0 Å². The molecule has 0 unspecified atom stereocenters. The van der Waals surface area contributed by atoms with Crippen molar-refractivity contribution in [2.45, 2.75) is 13.3 Å². The van der Waals surface area contributed by atoms with Crippen LogP contribution in [-0.2, 0) is 4.74 Å². The van der Waals surface area contributed by atoms with Gasteiger partial charge in [0, 0.05) is 13.7 Å². The molecular formula is C6H12O. The van der Waals surface area contributed by atoms with Crippen LogP contribution in [0.25, 0.3) is 0 Å². The lowest BCUT2D eigenvalue weighted by atomic mass is 10.4. The van der Waals surface area contributed by atoms with Crippen molar-refractivity contribution in [1.82, 2.24) is 0 Å². The number of hydrogen-bond donors (Lipinski definition) is 0. The summed E-state index contributed by atoms with van der Waals surface area (Å²) in [6.45, 7) is 2.85. The van der Waals surface area contributed by atoms with Crippen molar-refractivity contribution >= 4 is 0 Å². The van der Waals surface area contributed by atoms with Crippen molar-refractivity contribution in [3.8, 4) is 0 Å². The van der Waals surface area contributed by atoms with Gasteiger partial charge in [-0.25, -0.2) is 0 Å². The number of allylic oxidation sites excluding steroid dienone is 1. The monoisotopic (exact) mass is 100 g/mol. The van der Waals surface area contributed by atoms with Crippen LogP contribution in [0.2, 0.25) is 0 Å². The van der Waals surface area contributed by atoms with Gasteiger partial charge in [0.15, 0.2) is 0 Å². The summed E-state index contributed by atoms with van der Waals surface area (Å²) < 4.78 is 4.79. The highest BCUT2D eigenvalue weighted by molar-refractivity contribution is 4.75. The van der Waals surface area contributed by atoms with E-state index in [0.29, 0.717) is 0 Å². The van der Waals surface area contributed by atoms with Gasteiger partial charge in [-0.1, -0.05) is 12.2 Å². The van der Waals surface area contributed by atoms with Crippen molar-refractivity contribution < 1.29 is 4.74 Å². The van der Waals surface area contributed by atoms with E-state index in [1.807, 2.05) is 13.0 Å². The molecule has 0 aliphatic heterocycles. The van der Waals surface area contributed by atoms with Gasteiger partial charge >= 0.3 is 0 Å². The Kier molecular flexibility index (Phi) is 5.46. The van der Waals surface area contributed by atoms with Gasteiger partial charge in [-0.05, 0) is 13.3 Å². The van der Waals surface area contributed by atoms with Crippen LogP contribution in [0.3, 0.4) is 0 Å². The molecule has 0 radical (unpaired) electrons. The van der Waals surface area contributed by atoms with Gasteiger partial charge in [0.25, 0.3) is 0 Å². The SMILES string of the molecule is C/C=C/CCOC. The minimum Gasteiger partial charge on any atom is -0.384 e. The highest BCUT2D eigenvalue weighted by Crippen LogP contribution is 1.80. The maximum absolute atomic E-state index is 4.79. The molecular weight excluding hydrogens is 88.1 g/mol. The Labute approximate surface area is 45.0 Å². The Morgan fingerprint density at radius 3 is 2.71 bits per heavy atom. The highest BCUT2D eigenvalue weighted by Gasteiger charge is 1.71. The van der Waals surface area contributed by atoms with Crippen molar-refractivity contribution in [1.29, 1.82) is 0 Å². The van der Waals surface area contributed by atoms with Crippen LogP contribution in [0.4, 0.5) is 0 Å². The predicted molar refractivity (Wildman–Crippen MR) is 31.3 cm³/mol. The molecule has 42 valence electrons. The molecule has 0 atom stereocenters. The van der Waals surface area contributed by atoms with Crippen molar-refractivity contribution in [3.63, 3.8) is 0 Å². The van der Waals surface area contributed by atoms with E-state index in [1.54, 1.807) is 7.11 Å². The van der Waals surface area contributed by atoms with Crippen LogP contribution in [0.15, 0.2) is 12.2 Å². The molecule has 0 bridgehead atoms. The zero-order valence-corrected chi connectivity index (χ0v) is 4.98. The molecule has 0 saturated heterocycles. The topological polar surface area (TPSA) is 9.23 Å². The maximum atomic E-state index is 4.79. The summed E-state index contributed by atoms with van der Waals surface area (Å²) in [5.41, 5.74) is 0. The van der Waals surface area contributed by atoms with E-state index in [1.165, 1.54) is 0 Å². The quantitative estimate of drug-likeness (QED) is 0.386. The molecule has 0 aliphatic carbocycles. The summed E-state index contributed by atoms with van der Waals surface area (Å²) in [5.74, 6) is 0. The van der Waals surface area contributed by atoms with Crippen molar-refractivity contribution in [2.24, 2.45) is 0 Å². The predicted octanol–water partition coefficient (Wildman–Crippen LogP) is 1.60. The van der Waals surface area contributed by atoms with Gasteiger partial charge < -0.3 is 4.74 Å². The average Bonchev–Trinajstić information content (AvgIpc) is 1.69. The lowest BCUT2D eigenvalue weighted by molar-refractivity contribution is 0.204. The number of rotatable bonds is 3. The molecule has 0 rings (SSSR count). The fraction of sp³-hybridized carbons (Fsp3) is 0.667. The molecule has 7 heavy (non-hydrogen) atoms. The Balaban J connectivity index is 2.69. The van der Waals surface area contributed by atoms with Crippen LogP contribution in [0, 0.1) is 0 Å². The summed E-state index contributed by atoms with van der Waals surface area (Å²) in [4.78, 5) is 0. The highest BCUT2D eigenvalue weighted by atomic mass is 16.5. The summed E-state index contributed by atoms with van der Waals surface area (Å²) in [6.07, 6.45) is 5.15. The largest absolute Gasteiger partial charge is 0.384 e. The fourth-order valence-corrected chi connectivity index (χ4v) is 0.353. The van der Waals surface area contributed by atoms with Crippen LogP contribution in [-0.4, -0.2) is 13.7 Å². The second-order valence-corrected chi connectivity index (χ2v) is 1.35. The molecule has 0 amide bonds. The van der Waals surface area contributed by atoms with Gasteiger partial charge in [-0.3, -0.25) is 0 Å². The smallest absolute Gasteiger partial charge is 0.0496 e. The summed E-state index contributed by atoms with van der Waals surface area (Å²) >= 11 is 0. The van der Waals surface area contributed by atoms with E-state index in [4.69, 9.17) is 4.74 Å². The number of methoxy groups -OCH3 is 1. The van der Waals surface area contributed by atoms with Crippen LogP contribution >= 0.6 is 0 Å². The van der Waals surface area contributed by atoms with Gasteiger partial charge in [0.1, 0.15) is 0 Å². The molecule has 0 N–H and O–H groups in total. The molecule has 0 fully saturated rings. The zero-order chi connectivity index (χ0) is 5.54. The minimum atomic E-state index is 0.838. The third-order valence-electron chi connectivity index (χ3n) is 0.724. The van der Waals surface area contributed by atoms with E-state index in [2.05, 4.69) is 6.08 Å². The third-order valence-corrected chi connectivity index (χ3v) is 0.724. The molecule has 0 saturated carbocycles. The minimum absolute atomic E-state index is 0.838. The standard InChI is InChI=1S/C6H12O/c1-3-4-5-6-7-2/h3-4H,5-6H2,1-2H3/b4-3+. The Morgan fingerprint density at radius 1 is 1.57 bits per heavy atom. The lowest BCUT2D eigenvalue weighted by Crippen LogP contribution is -1.82. The number of hydrogen-bond acceptors (Lipinski definition) is 1. The first-order valence-electron chi connectivity index (χ1n) is 2.52. The Morgan fingerprint density at radius 2 is 2.29 bits per heavy atom. The summed E-state index contributed by atoms with van der Waals surface area (Å²) in [5, 5.41) is 0. The van der Waals surface area contributed by atoms with E-state index in [-0.39, 0.29) is 0 Å². The van der Waals surface area contributed by atoms with Crippen molar-refractivity contribution in [2.75, 3.05) is 13.7 Å². The summed E-state index contributed by atoms with van der Waals surface area (Å²) in [6, 6.07) is 0. The molecule has 0 heterocycles. The van der Waals surface area contributed by atoms with E-state index in [9.17, 15) is 0 Å². The zero-order valence-electron chi connectivity index (χ0n) is 4.98. The molecule has 0 aliphatic rings. The van der Waals surface area contributed by atoms with E-state index in [0.717, 1.165) is 13.0 Å². The van der Waals surface area contributed by atoms with Gasteiger partial charge in [0.2, 0.25) is 0 Å². The molecule has 0 spiro atoms. The normalized spacial score (nSPS) is 10.6. The molecule has 0 aromatic carbocycles. The molecule has 1 heteroatoms. The fourth-order valence-electron chi connectivity index (χ4n) is 0.353.